The molecule has 2 aliphatic rings. The first-order chi connectivity index (χ1) is 11.6. The maximum Gasteiger partial charge on any atom is 0.317 e. The number of rotatable bonds is 3. The van der Waals surface area contributed by atoms with Crippen molar-refractivity contribution in [3.8, 4) is 0 Å². The molecule has 2 heterocycles. The second kappa shape index (κ2) is 7.99. The van der Waals surface area contributed by atoms with Gasteiger partial charge in [-0.15, -0.1) is 0 Å². The smallest absolute Gasteiger partial charge is 0.317 e. The number of likely N-dealkylation sites (tertiary alicyclic amines) is 2. The summed E-state index contributed by atoms with van der Waals surface area (Å²) >= 11 is 0. The molecule has 1 atom stereocenters. The fourth-order valence-electron chi connectivity index (χ4n) is 3.67. The first-order valence-corrected chi connectivity index (χ1v) is 9.12. The fourth-order valence-corrected chi connectivity index (χ4v) is 3.67. The number of aryl methyl sites for hydroxylation is 1. The second-order valence-electron chi connectivity index (χ2n) is 7.17. The molecule has 2 amide bonds. The van der Waals surface area contributed by atoms with Gasteiger partial charge in [0.25, 0.3) is 0 Å². The molecule has 3 rings (SSSR count). The van der Waals surface area contributed by atoms with Gasteiger partial charge in [-0.05, 0) is 43.7 Å². The summed E-state index contributed by atoms with van der Waals surface area (Å²) in [5.74, 6) is 0. The Labute approximate surface area is 144 Å². The van der Waals surface area contributed by atoms with E-state index in [2.05, 4.69) is 41.4 Å². The molecule has 2 N–H and O–H groups in total. The molecule has 2 saturated heterocycles. The number of benzene rings is 1. The van der Waals surface area contributed by atoms with E-state index in [1.807, 2.05) is 0 Å². The SMILES string of the molecule is Cc1ccccc1CN1CCC(NC(=O)N2CCCC(O)C2)CC1. The predicted octanol–water partition coefficient (Wildman–Crippen LogP) is 2.13. The van der Waals surface area contributed by atoms with E-state index in [4.69, 9.17) is 0 Å². The van der Waals surface area contributed by atoms with Crippen LogP contribution in [-0.4, -0.2) is 59.3 Å². The molecule has 1 aromatic rings. The number of carbonyl (C=O) groups is 1. The van der Waals surface area contributed by atoms with Gasteiger partial charge in [0.2, 0.25) is 0 Å². The van der Waals surface area contributed by atoms with Crippen LogP contribution in [0.1, 0.15) is 36.8 Å². The van der Waals surface area contributed by atoms with Gasteiger partial charge in [0.05, 0.1) is 6.10 Å². The molecule has 0 spiro atoms. The molecule has 1 aromatic carbocycles. The molecule has 24 heavy (non-hydrogen) atoms. The molecular formula is C19H29N3O2. The van der Waals surface area contributed by atoms with Crippen LogP contribution < -0.4 is 5.32 Å². The summed E-state index contributed by atoms with van der Waals surface area (Å²) in [5, 5.41) is 12.9. The predicted molar refractivity (Wildman–Crippen MR) is 94.8 cm³/mol. The van der Waals surface area contributed by atoms with Crippen molar-refractivity contribution in [1.29, 1.82) is 0 Å². The zero-order valence-corrected chi connectivity index (χ0v) is 14.6. The minimum absolute atomic E-state index is 0.00824. The van der Waals surface area contributed by atoms with E-state index in [9.17, 15) is 9.90 Å². The Bertz CT molecular complexity index is 555. The summed E-state index contributed by atoms with van der Waals surface area (Å²) in [6.45, 7) is 6.41. The number of aliphatic hydroxyl groups is 1. The third-order valence-corrected chi connectivity index (χ3v) is 5.25. The zero-order valence-electron chi connectivity index (χ0n) is 14.6. The van der Waals surface area contributed by atoms with Crippen LogP contribution in [0.5, 0.6) is 0 Å². The Kier molecular flexibility index (Phi) is 5.74. The standard InChI is InChI=1S/C19H29N3O2/c1-15-5-2-3-6-16(15)13-21-11-8-17(9-12-21)20-19(24)22-10-4-7-18(23)14-22/h2-3,5-6,17-18,23H,4,7-14H2,1H3,(H,20,24). The Morgan fingerprint density at radius 2 is 1.96 bits per heavy atom. The van der Waals surface area contributed by atoms with E-state index in [0.29, 0.717) is 6.54 Å². The second-order valence-corrected chi connectivity index (χ2v) is 7.17. The van der Waals surface area contributed by atoms with Crippen LogP contribution in [0.25, 0.3) is 0 Å². The number of nitrogens with one attached hydrogen (secondary N) is 1. The van der Waals surface area contributed by atoms with Crippen molar-refractivity contribution in [3.05, 3.63) is 35.4 Å². The van der Waals surface area contributed by atoms with E-state index in [0.717, 1.165) is 51.9 Å². The van der Waals surface area contributed by atoms with Gasteiger partial charge in [0.15, 0.2) is 0 Å². The van der Waals surface area contributed by atoms with Crippen molar-refractivity contribution in [2.24, 2.45) is 0 Å². The van der Waals surface area contributed by atoms with E-state index < -0.39 is 0 Å². The van der Waals surface area contributed by atoms with Gasteiger partial charge < -0.3 is 15.3 Å². The lowest BCUT2D eigenvalue weighted by atomic mass is 10.0. The van der Waals surface area contributed by atoms with Crippen LogP contribution >= 0.6 is 0 Å². The van der Waals surface area contributed by atoms with Crippen LogP contribution in [0.2, 0.25) is 0 Å². The number of hydrogen-bond acceptors (Lipinski definition) is 3. The van der Waals surface area contributed by atoms with Gasteiger partial charge >= 0.3 is 6.03 Å². The first kappa shape index (κ1) is 17.2. The number of β-amino-alcohol motifs (C(OH)–C–C–N with tert-alkyl or cyclic N) is 1. The van der Waals surface area contributed by atoms with Gasteiger partial charge in [-0.2, -0.15) is 0 Å². The summed E-state index contributed by atoms with van der Waals surface area (Å²) in [7, 11) is 0. The number of urea groups is 1. The van der Waals surface area contributed by atoms with E-state index in [1.54, 1.807) is 4.90 Å². The highest BCUT2D eigenvalue weighted by Crippen LogP contribution is 2.17. The third kappa shape index (κ3) is 4.48. The molecule has 5 heteroatoms. The number of hydrogen-bond donors (Lipinski definition) is 2. The topological polar surface area (TPSA) is 55.8 Å². The maximum absolute atomic E-state index is 12.3. The summed E-state index contributed by atoms with van der Waals surface area (Å²) in [4.78, 5) is 16.5. The Balaban J connectivity index is 1.43. The van der Waals surface area contributed by atoms with E-state index >= 15 is 0 Å². The summed E-state index contributed by atoms with van der Waals surface area (Å²) in [6.07, 6.45) is 3.33. The maximum atomic E-state index is 12.3. The number of amides is 2. The Morgan fingerprint density at radius 1 is 1.21 bits per heavy atom. The van der Waals surface area contributed by atoms with Gasteiger partial charge in [-0.25, -0.2) is 4.79 Å². The average Bonchev–Trinajstić information content (AvgIpc) is 2.58. The average molecular weight is 331 g/mol. The van der Waals surface area contributed by atoms with Crippen molar-refractivity contribution < 1.29 is 9.90 Å². The highest BCUT2D eigenvalue weighted by atomic mass is 16.3. The molecular weight excluding hydrogens is 302 g/mol. The van der Waals surface area contributed by atoms with Crippen LogP contribution in [0, 0.1) is 6.92 Å². The molecule has 2 aliphatic heterocycles. The lowest BCUT2D eigenvalue weighted by Gasteiger charge is -2.35. The van der Waals surface area contributed by atoms with E-state index in [-0.39, 0.29) is 18.2 Å². The molecule has 0 aliphatic carbocycles. The number of nitrogens with zero attached hydrogens (tertiary/aromatic N) is 2. The van der Waals surface area contributed by atoms with Gasteiger partial charge in [-0.1, -0.05) is 24.3 Å². The first-order valence-electron chi connectivity index (χ1n) is 9.12. The van der Waals surface area contributed by atoms with E-state index in [1.165, 1.54) is 11.1 Å². The van der Waals surface area contributed by atoms with Crippen LogP contribution in [0.4, 0.5) is 4.79 Å². The lowest BCUT2D eigenvalue weighted by molar-refractivity contribution is 0.0817. The fraction of sp³-hybridized carbons (Fsp3) is 0.632. The van der Waals surface area contributed by atoms with Crippen LogP contribution in [0.3, 0.4) is 0 Å². The zero-order chi connectivity index (χ0) is 16.9. The minimum Gasteiger partial charge on any atom is -0.391 e. The van der Waals surface area contributed by atoms with Gasteiger partial charge in [0.1, 0.15) is 0 Å². The number of aliphatic hydroxyl groups excluding tert-OH is 1. The summed E-state index contributed by atoms with van der Waals surface area (Å²) < 4.78 is 0. The molecule has 0 bridgehead atoms. The molecule has 0 aromatic heterocycles. The largest absolute Gasteiger partial charge is 0.391 e. The van der Waals surface area contributed by atoms with Crippen molar-refractivity contribution in [3.63, 3.8) is 0 Å². The molecule has 2 fully saturated rings. The Morgan fingerprint density at radius 3 is 2.67 bits per heavy atom. The molecule has 1 unspecified atom stereocenters. The molecule has 0 saturated carbocycles. The van der Waals surface area contributed by atoms with Crippen molar-refractivity contribution in [2.45, 2.75) is 51.3 Å². The number of piperidine rings is 2. The quantitative estimate of drug-likeness (QED) is 0.892. The summed E-state index contributed by atoms with van der Waals surface area (Å²) in [6, 6.07) is 8.79. The normalized spacial score (nSPS) is 23.2. The monoisotopic (exact) mass is 331 g/mol. The Hall–Kier alpha value is -1.59. The highest BCUT2D eigenvalue weighted by Gasteiger charge is 2.26. The third-order valence-electron chi connectivity index (χ3n) is 5.25. The minimum atomic E-state index is -0.361. The van der Waals surface area contributed by atoms with Crippen molar-refractivity contribution >= 4 is 6.03 Å². The van der Waals surface area contributed by atoms with Crippen LogP contribution in [-0.2, 0) is 6.54 Å². The van der Waals surface area contributed by atoms with Crippen LogP contribution in [0.15, 0.2) is 24.3 Å². The highest BCUT2D eigenvalue weighted by molar-refractivity contribution is 5.74. The lowest BCUT2D eigenvalue weighted by Crippen LogP contribution is -2.52. The molecule has 0 radical (unpaired) electrons. The van der Waals surface area contributed by atoms with Gasteiger partial charge in [-0.3, -0.25) is 4.90 Å². The van der Waals surface area contributed by atoms with Crippen molar-refractivity contribution in [2.75, 3.05) is 26.2 Å². The van der Waals surface area contributed by atoms with Gasteiger partial charge in [0, 0.05) is 38.8 Å². The molecule has 132 valence electrons. The number of carbonyl (C=O) groups excluding carboxylic acids is 1. The van der Waals surface area contributed by atoms with Crippen molar-refractivity contribution in [1.82, 2.24) is 15.1 Å². The molecule has 5 nitrogen and oxygen atoms in total. The summed E-state index contributed by atoms with van der Waals surface area (Å²) in [5.41, 5.74) is 2.74.